The summed E-state index contributed by atoms with van der Waals surface area (Å²) in [6.45, 7) is 2.92. The van der Waals surface area contributed by atoms with Gasteiger partial charge in [0.2, 0.25) is 0 Å². The molecule has 0 radical (unpaired) electrons. The van der Waals surface area contributed by atoms with Gasteiger partial charge < -0.3 is 4.74 Å². The number of carbonyl (C=O) groups is 1. The number of aryl methyl sites for hydroxylation is 1. The van der Waals surface area contributed by atoms with E-state index in [1.807, 2.05) is 23.4 Å². The summed E-state index contributed by atoms with van der Waals surface area (Å²) in [5, 5.41) is 0. The lowest BCUT2D eigenvalue weighted by atomic mass is 10.2. The Labute approximate surface area is 111 Å². The quantitative estimate of drug-likeness (QED) is 0.462. The molecule has 0 fully saturated rings. The number of esters is 1. The van der Waals surface area contributed by atoms with Crippen molar-refractivity contribution in [1.82, 2.24) is 9.29 Å². The largest absolute Gasteiger partial charge is 0.468 e. The summed E-state index contributed by atoms with van der Waals surface area (Å²) in [6.07, 6.45) is 1.76. The van der Waals surface area contributed by atoms with Crippen molar-refractivity contribution < 1.29 is 9.53 Å². The van der Waals surface area contributed by atoms with Crippen LogP contribution in [0.15, 0.2) is 18.3 Å². The summed E-state index contributed by atoms with van der Waals surface area (Å²) in [4.78, 5) is 15.4. The minimum absolute atomic E-state index is 0.231. The maximum absolute atomic E-state index is 11.2. The topological polar surface area (TPSA) is 42.4 Å². The fourth-order valence-corrected chi connectivity index (χ4v) is 2.37. The van der Waals surface area contributed by atoms with Crippen molar-refractivity contribution in [3.63, 3.8) is 0 Å². The lowest BCUT2D eigenvalue weighted by Crippen LogP contribution is -2.23. The van der Waals surface area contributed by atoms with Crippen LogP contribution in [-0.2, 0) is 16.1 Å². The van der Waals surface area contributed by atoms with Gasteiger partial charge in [-0.1, -0.05) is 6.07 Å². The molecule has 0 N–H and O–H groups in total. The van der Waals surface area contributed by atoms with Gasteiger partial charge in [0.15, 0.2) is 0 Å². The van der Waals surface area contributed by atoms with Gasteiger partial charge in [-0.3, -0.25) is 9.78 Å². The summed E-state index contributed by atoms with van der Waals surface area (Å²) < 4.78 is 6.56. The maximum atomic E-state index is 11.2. The van der Waals surface area contributed by atoms with Crippen molar-refractivity contribution in [2.75, 3.05) is 13.7 Å². The van der Waals surface area contributed by atoms with E-state index in [-0.39, 0.29) is 12.5 Å². The van der Waals surface area contributed by atoms with Crippen LogP contribution in [0, 0.1) is 6.92 Å². The Morgan fingerprint density at radius 3 is 3.00 bits per heavy atom. The van der Waals surface area contributed by atoms with Gasteiger partial charge in [-0.15, -0.1) is 0 Å². The summed E-state index contributed by atoms with van der Waals surface area (Å²) >= 11 is 2.15. The van der Waals surface area contributed by atoms with Crippen LogP contribution in [0.2, 0.25) is 0 Å². The highest BCUT2D eigenvalue weighted by Crippen LogP contribution is 2.21. The zero-order valence-corrected chi connectivity index (χ0v) is 12.1. The lowest BCUT2D eigenvalue weighted by Gasteiger charge is -2.17. The van der Waals surface area contributed by atoms with Crippen molar-refractivity contribution >= 4 is 36.3 Å². The highest BCUT2D eigenvalue weighted by molar-refractivity contribution is 14.2. The van der Waals surface area contributed by atoms with Gasteiger partial charge >= 0.3 is 5.97 Å². The number of pyridine rings is 1. The van der Waals surface area contributed by atoms with Crippen LogP contribution in [0.1, 0.15) is 11.3 Å². The van der Waals surface area contributed by atoms with Crippen molar-refractivity contribution in [2.45, 2.75) is 13.5 Å². The second-order valence-corrected chi connectivity index (χ2v) is 5.03. The van der Waals surface area contributed by atoms with Crippen molar-refractivity contribution in [1.29, 1.82) is 0 Å². The molecule has 1 rings (SSSR count). The van der Waals surface area contributed by atoms with Gasteiger partial charge in [-0.2, -0.15) is 0 Å². The molecular weight excluding hydrogens is 339 g/mol. The van der Waals surface area contributed by atoms with Crippen molar-refractivity contribution in [3.05, 3.63) is 29.6 Å². The molecule has 0 aliphatic rings. The van der Waals surface area contributed by atoms with Crippen LogP contribution >= 0.6 is 30.3 Å². The van der Waals surface area contributed by atoms with Crippen LogP contribution in [0.3, 0.4) is 0 Å². The zero-order valence-electron chi connectivity index (χ0n) is 9.14. The van der Waals surface area contributed by atoms with Crippen LogP contribution in [-0.4, -0.2) is 28.9 Å². The Balaban J connectivity index is 2.63. The summed E-state index contributed by atoms with van der Waals surface area (Å²) in [6, 6.07) is 3.91. The van der Waals surface area contributed by atoms with Crippen LogP contribution in [0.5, 0.6) is 0 Å². The van der Waals surface area contributed by atoms with Crippen LogP contribution < -0.4 is 0 Å². The first kappa shape index (κ1) is 13.7. The fraction of sp³-hybridized carbons (Fsp3) is 0.400. The van der Waals surface area contributed by atoms with Crippen molar-refractivity contribution in [2.24, 2.45) is 0 Å². The van der Waals surface area contributed by atoms with E-state index < -0.39 is 0 Å². The van der Waals surface area contributed by atoms with Gasteiger partial charge in [-0.05, 0) is 27.7 Å². The predicted molar refractivity (Wildman–Crippen MR) is 73.0 cm³/mol. The lowest BCUT2D eigenvalue weighted by molar-refractivity contribution is -0.140. The highest BCUT2D eigenvalue weighted by atomic mass is 127. The predicted octanol–water partition coefficient (Wildman–Crippen LogP) is 2.36. The average molecular weight is 352 g/mol. The molecule has 0 unspecified atom stereocenters. The number of methoxy groups -OCH3 is 1. The number of aromatic nitrogens is 1. The molecule has 0 amide bonds. The Morgan fingerprint density at radius 2 is 2.44 bits per heavy atom. The summed E-state index contributed by atoms with van der Waals surface area (Å²) in [5.74, 6) is -0.231. The fourth-order valence-electron chi connectivity index (χ4n) is 1.19. The Hall–Kier alpha value is -0.340. The molecule has 1 heterocycles. The first-order valence-electron chi connectivity index (χ1n) is 4.68. The molecule has 0 saturated carbocycles. The molecule has 0 aliphatic carbocycles. The SMILES string of the molecule is COC(=O)CN(Cc1cccnc1C)SI. The van der Waals surface area contributed by atoms with Crippen LogP contribution in [0.25, 0.3) is 0 Å². The number of rotatable bonds is 5. The molecule has 16 heavy (non-hydrogen) atoms. The third kappa shape index (κ3) is 4.26. The molecule has 1 aromatic rings. The van der Waals surface area contributed by atoms with Crippen LogP contribution in [0.4, 0.5) is 0 Å². The smallest absolute Gasteiger partial charge is 0.320 e. The molecule has 0 aliphatic heterocycles. The highest BCUT2D eigenvalue weighted by Gasteiger charge is 2.12. The number of nitrogens with zero attached hydrogens (tertiary/aromatic N) is 2. The van der Waals surface area contributed by atoms with E-state index in [2.05, 4.69) is 30.9 Å². The van der Waals surface area contributed by atoms with E-state index in [9.17, 15) is 4.79 Å². The van der Waals surface area contributed by atoms with Gasteiger partial charge in [0.25, 0.3) is 0 Å². The molecule has 0 bridgehead atoms. The zero-order chi connectivity index (χ0) is 12.0. The third-order valence-corrected chi connectivity index (χ3v) is 4.22. The maximum Gasteiger partial charge on any atom is 0.320 e. The second-order valence-electron chi connectivity index (χ2n) is 3.19. The van der Waals surface area contributed by atoms with E-state index >= 15 is 0 Å². The van der Waals surface area contributed by atoms with Gasteiger partial charge in [-0.25, -0.2) is 4.31 Å². The Bertz CT molecular complexity index is 362. The molecule has 6 heteroatoms. The van der Waals surface area contributed by atoms with E-state index in [4.69, 9.17) is 0 Å². The molecule has 0 atom stereocenters. The monoisotopic (exact) mass is 352 g/mol. The minimum Gasteiger partial charge on any atom is -0.468 e. The van der Waals surface area contributed by atoms with Crippen molar-refractivity contribution in [3.8, 4) is 0 Å². The molecule has 0 spiro atoms. The normalized spacial score (nSPS) is 10.5. The first-order chi connectivity index (χ1) is 7.67. The molecule has 0 aromatic carbocycles. The van der Waals surface area contributed by atoms with Gasteiger partial charge in [0, 0.05) is 39.6 Å². The van der Waals surface area contributed by atoms with Gasteiger partial charge in [0.05, 0.1) is 7.11 Å². The average Bonchev–Trinajstić information content (AvgIpc) is 2.30. The number of halogens is 1. The summed E-state index contributed by atoms with van der Waals surface area (Å²) in [7, 11) is 2.89. The molecule has 88 valence electrons. The third-order valence-electron chi connectivity index (χ3n) is 2.09. The number of carbonyl (C=O) groups excluding carboxylic acids is 1. The number of hydrogen-bond donors (Lipinski definition) is 0. The molecular formula is C10H13IN2O2S. The molecule has 4 nitrogen and oxygen atoms in total. The summed E-state index contributed by atoms with van der Waals surface area (Å²) in [5.41, 5.74) is 2.11. The first-order valence-corrected chi connectivity index (χ1v) is 8.00. The number of hydrogen-bond acceptors (Lipinski definition) is 5. The van der Waals surface area contributed by atoms with E-state index in [0.29, 0.717) is 6.54 Å². The standard InChI is InChI=1S/C10H13IN2O2S/c1-8-9(4-3-5-12-8)6-13(16-11)7-10(14)15-2/h3-5H,6-7H2,1-2H3. The number of ether oxygens (including phenoxy) is 1. The molecule has 1 aromatic heterocycles. The Morgan fingerprint density at radius 1 is 1.69 bits per heavy atom. The second kappa shape index (κ2) is 7.08. The van der Waals surface area contributed by atoms with Gasteiger partial charge in [0.1, 0.15) is 6.54 Å². The Kier molecular flexibility index (Phi) is 6.07. The minimum atomic E-state index is -0.231. The van der Waals surface area contributed by atoms with E-state index in [1.165, 1.54) is 16.2 Å². The molecule has 0 saturated heterocycles. The van der Waals surface area contributed by atoms with E-state index in [1.54, 1.807) is 6.20 Å². The van der Waals surface area contributed by atoms with E-state index in [0.717, 1.165) is 11.3 Å².